The third kappa shape index (κ3) is 3.51. The minimum absolute atomic E-state index is 0.0729. The highest BCUT2D eigenvalue weighted by atomic mass is 35.5. The van der Waals surface area contributed by atoms with Gasteiger partial charge in [0, 0.05) is 23.5 Å². The molecule has 2 rings (SSSR count). The highest BCUT2D eigenvalue weighted by molar-refractivity contribution is 6.30. The van der Waals surface area contributed by atoms with E-state index in [9.17, 15) is 4.79 Å². The molecule has 0 amide bonds. The van der Waals surface area contributed by atoms with E-state index in [1.165, 1.54) is 0 Å². The van der Waals surface area contributed by atoms with Gasteiger partial charge in [0.25, 0.3) is 0 Å². The number of anilines is 1. The Kier molecular flexibility index (Phi) is 4.63. The minimum atomic E-state index is -0.873. The zero-order valence-electron chi connectivity index (χ0n) is 11.2. The fourth-order valence-corrected chi connectivity index (χ4v) is 2.15. The summed E-state index contributed by atoms with van der Waals surface area (Å²) in [7, 11) is 0. The summed E-state index contributed by atoms with van der Waals surface area (Å²) in [6, 6.07) is 9.04. The number of aryl methyl sites for hydroxylation is 1. The molecule has 2 aromatic rings. The van der Waals surface area contributed by atoms with Crippen LogP contribution >= 0.6 is 11.6 Å². The summed E-state index contributed by atoms with van der Waals surface area (Å²) in [5.41, 5.74) is 1.80. The Morgan fingerprint density at radius 3 is 2.65 bits per heavy atom. The molecule has 0 saturated carbocycles. The first-order valence-electron chi connectivity index (χ1n) is 6.33. The second kappa shape index (κ2) is 6.43. The van der Waals surface area contributed by atoms with E-state index < -0.39 is 5.97 Å². The molecule has 0 atom stereocenters. The number of aliphatic carboxylic acids is 1. The lowest BCUT2D eigenvalue weighted by atomic mass is 10.2. The fraction of sp³-hybridized carbons (Fsp3) is 0.286. The molecule has 0 aliphatic carbocycles. The smallest absolute Gasteiger partial charge is 0.323 e. The van der Waals surface area contributed by atoms with E-state index in [2.05, 4.69) is 5.10 Å². The Labute approximate surface area is 122 Å². The molecule has 0 bridgehead atoms. The lowest BCUT2D eigenvalue weighted by Crippen LogP contribution is -2.30. The summed E-state index contributed by atoms with van der Waals surface area (Å²) < 4.78 is 1.85. The fourth-order valence-electron chi connectivity index (χ4n) is 2.03. The van der Waals surface area contributed by atoms with Crippen molar-refractivity contribution in [3.05, 3.63) is 47.2 Å². The van der Waals surface area contributed by atoms with E-state index in [1.807, 2.05) is 29.8 Å². The number of halogens is 1. The van der Waals surface area contributed by atoms with Gasteiger partial charge in [0.1, 0.15) is 6.54 Å². The average Bonchev–Trinajstić information content (AvgIpc) is 2.85. The minimum Gasteiger partial charge on any atom is -0.480 e. The van der Waals surface area contributed by atoms with Crippen LogP contribution in [0.2, 0.25) is 5.02 Å². The van der Waals surface area contributed by atoms with Crippen LogP contribution in [0.5, 0.6) is 0 Å². The molecular weight excluding hydrogens is 278 g/mol. The lowest BCUT2D eigenvalue weighted by molar-refractivity contribution is -0.135. The third-order valence-corrected chi connectivity index (χ3v) is 3.23. The molecule has 0 radical (unpaired) electrons. The molecule has 106 valence electrons. The van der Waals surface area contributed by atoms with Crippen LogP contribution in [-0.4, -0.2) is 27.4 Å². The standard InChI is InChI=1S/C14H16ClN3O2/c1-2-18-13(7-8-16-18)9-17(10-14(19)20)12-5-3-11(15)4-6-12/h3-8H,2,9-10H2,1H3,(H,19,20). The van der Waals surface area contributed by atoms with E-state index in [4.69, 9.17) is 16.7 Å². The van der Waals surface area contributed by atoms with Crippen molar-refractivity contribution in [2.45, 2.75) is 20.0 Å². The van der Waals surface area contributed by atoms with Crippen molar-refractivity contribution in [3.8, 4) is 0 Å². The maximum atomic E-state index is 11.0. The molecule has 1 heterocycles. The maximum absolute atomic E-state index is 11.0. The summed E-state index contributed by atoms with van der Waals surface area (Å²) in [4.78, 5) is 12.8. The van der Waals surface area contributed by atoms with Gasteiger partial charge in [-0.25, -0.2) is 0 Å². The second-order valence-corrected chi connectivity index (χ2v) is 4.80. The summed E-state index contributed by atoms with van der Waals surface area (Å²) in [6.07, 6.45) is 1.72. The monoisotopic (exact) mass is 293 g/mol. The van der Waals surface area contributed by atoms with Crippen molar-refractivity contribution in [1.82, 2.24) is 9.78 Å². The van der Waals surface area contributed by atoms with Gasteiger partial charge in [0.2, 0.25) is 0 Å². The molecule has 1 aromatic carbocycles. The van der Waals surface area contributed by atoms with Crippen LogP contribution in [0.15, 0.2) is 36.5 Å². The molecule has 0 aliphatic rings. The predicted octanol–water partition coefficient (Wildman–Crippen LogP) is 2.65. The number of rotatable bonds is 6. The molecule has 0 unspecified atom stereocenters. The van der Waals surface area contributed by atoms with E-state index in [1.54, 1.807) is 23.2 Å². The molecule has 0 fully saturated rings. The first kappa shape index (κ1) is 14.4. The van der Waals surface area contributed by atoms with Gasteiger partial charge in [-0.1, -0.05) is 11.6 Å². The van der Waals surface area contributed by atoms with Gasteiger partial charge >= 0.3 is 5.97 Å². The number of hydrogen-bond acceptors (Lipinski definition) is 3. The summed E-state index contributed by atoms with van der Waals surface area (Å²) in [5.74, 6) is -0.873. The summed E-state index contributed by atoms with van der Waals surface area (Å²) >= 11 is 5.86. The van der Waals surface area contributed by atoms with Gasteiger partial charge in [0.15, 0.2) is 0 Å². The van der Waals surface area contributed by atoms with Gasteiger partial charge in [0.05, 0.1) is 12.2 Å². The van der Waals surface area contributed by atoms with Crippen molar-refractivity contribution >= 4 is 23.3 Å². The Bertz CT molecular complexity index is 580. The van der Waals surface area contributed by atoms with Crippen LogP contribution < -0.4 is 4.90 Å². The van der Waals surface area contributed by atoms with Crippen LogP contribution in [0.3, 0.4) is 0 Å². The quantitative estimate of drug-likeness (QED) is 0.889. The molecule has 0 saturated heterocycles. The van der Waals surface area contributed by atoms with Crippen LogP contribution in [0.25, 0.3) is 0 Å². The molecule has 1 aromatic heterocycles. The van der Waals surface area contributed by atoms with Crippen molar-refractivity contribution in [3.63, 3.8) is 0 Å². The Balaban J connectivity index is 2.23. The predicted molar refractivity (Wildman–Crippen MR) is 78.0 cm³/mol. The van der Waals surface area contributed by atoms with Crippen molar-refractivity contribution in [1.29, 1.82) is 0 Å². The molecular formula is C14H16ClN3O2. The number of carboxylic acids is 1. The first-order valence-corrected chi connectivity index (χ1v) is 6.71. The zero-order chi connectivity index (χ0) is 14.5. The number of benzene rings is 1. The van der Waals surface area contributed by atoms with Crippen LogP contribution in [0.4, 0.5) is 5.69 Å². The average molecular weight is 294 g/mol. The van der Waals surface area contributed by atoms with Gasteiger partial charge in [-0.05, 0) is 37.3 Å². The zero-order valence-corrected chi connectivity index (χ0v) is 11.9. The molecule has 0 spiro atoms. The maximum Gasteiger partial charge on any atom is 0.323 e. The number of nitrogens with zero attached hydrogens (tertiary/aromatic N) is 3. The lowest BCUT2D eigenvalue weighted by Gasteiger charge is -2.23. The molecule has 6 heteroatoms. The van der Waals surface area contributed by atoms with Gasteiger partial charge in [-0.2, -0.15) is 5.10 Å². The van der Waals surface area contributed by atoms with Crippen LogP contribution in [-0.2, 0) is 17.9 Å². The highest BCUT2D eigenvalue weighted by Gasteiger charge is 2.13. The summed E-state index contributed by atoms with van der Waals surface area (Å²) in [6.45, 7) is 3.17. The number of carbonyl (C=O) groups is 1. The van der Waals surface area contributed by atoms with Crippen LogP contribution in [0.1, 0.15) is 12.6 Å². The Hall–Kier alpha value is -2.01. The topological polar surface area (TPSA) is 58.4 Å². The first-order chi connectivity index (χ1) is 9.60. The van der Waals surface area contributed by atoms with Crippen molar-refractivity contribution in [2.24, 2.45) is 0 Å². The van der Waals surface area contributed by atoms with Gasteiger partial charge in [-0.15, -0.1) is 0 Å². The van der Waals surface area contributed by atoms with Crippen molar-refractivity contribution in [2.75, 3.05) is 11.4 Å². The second-order valence-electron chi connectivity index (χ2n) is 4.36. The molecule has 1 N–H and O–H groups in total. The van der Waals surface area contributed by atoms with Crippen molar-refractivity contribution < 1.29 is 9.90 Å². The Morgan fingerprint density at radius 1 is 1.35 bits per heavy atom. The third-order valence-electron chi connectivity index (χ3n) is 2.97. The molecule has 5 nitrogen and oxygen atoms in total. The van der Waals surface area contributed by atoms with Crippen LogP contribution in [0, 0.1) is 0 Å². The molecule has 20 heavy (non-hydrogen) atoms. The SMILES string of the molecule is CCn1nccc1CN(CC(=O)O)c1ccc(Cl)cc1. The van der Waals surface area contributed by atoms with E-state index in [-0.39, 0.29) is 6.54 Å². The normalized spacial score (nSPS) is 10.5. The number of carboxylic acid groups (broad SMARTS) is 1. The Morgan fingerprint density at radius 2 is 2.05 bits per heavy atom. The molecule has 0 aliphatic heterocycles. The van der Waals surface area contributed by atoms with E-state index in [0.717, 1.165) is 17.9 Å². The summed E-state index contributed by atoms with van der Waals surface area (Å²) in [5, 5.41) is 13.9. The van der Waals surface area contributed by atoms with Gasteiger partial charge < -0.3 is 10.0 Å². The number of hydrogen-bond donors (Lipinski definition) is 1. The largest absolute Gasteiger partial charge is 0.480 e. The van der Waals surface area contributed by atoms with Gasteiger partial charge in [-0.3, -0.25) is 9.48 Å². The highest BCUT2D eigenvalue weighted by Crippen LogP contribution is 2.20. The number of aromatic nitrogens is 2. The van der Waals surface area contributed by atoms with E-state index >= 15 is 0 Å². The van der Waals surface area contributed by atoms with E-state index in [0.29, 0.717) is 11.6 Å².